The molecule has 212 valence electrons. The normalized spacial score (nSPS) is 15.2. The lowest BCUT2D eigenvalue weighted by Gasteiger charge is -2.43. The second-order valence-corrected chi connectivity index (χ2v) is 12.6. The van der Waals surface area contributed by atoms with Gasteiger partial charge in [0.05, 0.1) is 22.1 Å². The van der Waals surface area contributed by atoms with E-state index in [1.54, 1.807) is 17.5 Å². The van der Waals surface area contributed by atoms with Gasteiger partial charge in [0.1, 0.15) is 5.60 Å². The van der Waals surface area contributed by atoms with E-state index in [0.29, 0.717) is 10.9 Å². The number of ether oxygens (including phenoxy) is 1. The van der Waals surface area contributed by atoms with Gasteiger partial charge in [0.2, 0.25) is 0 Å². The maximum absolute atomic E-state index is 13.0. The highest BCUT2D eigenvalue weighted by molar-refractivity contribution is 7.13. The number of allylic oxidation sites excluding steroid dienone is 4. The van der Waals surface area contributed by atoms with Crippen LogP contribution < -0.4 is 10.9 Å². The molecule has 1 amide bonds. The summed E-state index contributed by atoms with van der Waals surface area (Å²) in [5.74, 6) is 0. The van der Waals surface area contributed by atoms with Crippen molar-refractivity contribution in [2.45, 2.75) is 71.9 Å². The van der Waals surface area contributed by atoms with Crippen molar-refractivity contribution in [3.05, 3.63) is 93.2 Å². The van der Waals surface area contributed by atoms with Gasteiger partial charge in [0.15, 0.2) is 0 Å². The lowest BCUT2D eigenvalue weighted by Crippen LogP contribution is -2.52. The number of fused-ring (bicyclic) bond motifs is 1. The number of amides is 1. The average Bonchev–Trinajstić information content (AvgIpc) is 3.34. The second kappa shape index (κ2) is 11.1. The van der Waals surface area contributed by atoms with Crippen molar-refractivity contribution < 1.29 is 9.53 Å². The Hall–Kier alpha value is -3.97. The van der Waals surface area contributed by atoms with Gasteiger partial charge in [-0.15, -0.1) is 11.3 Å². The fourth-order valence-electron chi connectivity index (χ4n) is 5.36. The van der Waals surface area contributed by atoms with E-state index in [4.69, 9.17) is 9.72 Å². The van der Waals surface area contributed by atoms with E-state index in [2.05, 4.69) is 52.9 Å². The molecular formula is C34H37N3O3S. The number of aromatic amines is 1. The number of carbonyl (C=O) groups excluding carboxylic acids is 1. The Morgan fingerprint density at radius 1 is 1.15 bits per heavy atom. The summed E-state index contributed by atoms with van der Waals surface area (Å²) in [6.45, 7) is 11.6. The summed E-state index contributed by atoms with van der Waals surface area (Å²) < 4.78 is 5.56. The molecule has 1 aromatic carbocycles. The minimum Gasteiger partial charge on any atom is -0.444 e. The van der Waals surface area contributed by atoms with Crippen molar-refractivity contribution >= 4 is 33.9 Å². The highest BCUT2D eigenvalue weighted by Crippen LogP contribution is 2.42. The molecule has 1 aliphatic carbocycles. The van der Waals surface area contributed by atoms with Crippen LogP contribution in [0.4, 0.5) is 4.79 Å². The minimum atomic E-state index is -0.559. The molecular weight excluding hydrogens is 530 g/mol. The van der Waals surface area contributed by atoms with Gasteiger partial charge in [-0.05, 0) is 95.0 Å². The van der Waals surface area contributed by atoms with Crippen LogP contribution in [0.15, 0.2) is 71.0 Å². The second-order valence-electron chi connectivity index (χ2n) is 11.7. The Morgan fingerprint density at radius 2 is 1.88 bits per heavy atom. The van der Waals surface area contributed by atoms with Gasteiger partial charge in [0.25, 0.3) is 5.56 Å². The van der Waals surface area contributed by atoms with E-state index in [0.717, 1.165) is 57.7 Å². The molecule has 4 aromatic rings. The zero-order chi connectivity index (χ0) is 29.4. The Kier molecular flexibility index (Phi) is 7.75. The summed E-state index contributed by atoms with van der Waals surface area (Å²) in [4.78, 5) is 34.9. The van der Waals surface area contributed by atoms with E-state index in [1.165, 1.54) is 5.56 Å². The van der Waals surface area contributed by atoms with Crippen LogP contribution in [-0.2, 0) is 10.3 Å². The number of benzene rings is 1. The highest BCUT2D eigenvalue weighted by Gasteiger charge is 2.41. The summed E-state index contributed by atoms with van der Waals surface area (Å²) in [7, 11) is 0. The molecule has 3 aromatic heterocycles. The third-order valence-corrected chi connectivity index (χ3v) is 8.57. The zero-order valence-electron chi connectivity index (χ0n) is 24.6. The van der Waals surface area contributed by atoms with Gasteiger partial charge in [-0.2, -0.15) is 0 Å². The molecule has 0 unspecified atom stereocenters. The monoisotopic (exact) mass is 567 g/mol. The topological polar surface area (TPSA) is 84.1 Å². The number of thiophene rings is 1. The van der Waals surface area contributed by atoms with Gasteiger partial charge in [-0.25, -0.2) is 9.78 Å². The standard InChI is InChI=1S/C34H37N3O3S/c1-7-10-22(8-2)25-18-26-30(27(19-35-31(26)38)28-17-21(3)20-41-28)36-29(25)23-11-13-24(14-12-23)34(15-9-16-34)37-32(39)40-33(4,5)6/h7-8,10-14,17-20H,9,15-16H2,1-6H3,(H,35,38)(H,37,39)/b10-7-,22-8+. The highest BCUT2D eigenvalue weighted by atomic mass is 32.1. The number of nitrogens with zero attached hydrogens (tertiary/aromatic N) is 1. The van der Waals surface area contributed by atoms with Crippen LogP contribution in [0.5, 0.6) is 0 Å². The molecule has 0 aliphatic heterocycles. The summed E-state index contributed by atoms with van der Waals surface area (Å²) in [5, 5.41) is 5.80. The maximum atomic E-state index is 13.0. The Morgan fingerprint density at radius 3 is 2.44 bits per heavy atom. The molecule has 1 saturated carbocycles. The van der Waals surface area contributed by atoms with Crippen molar-refractivity contribution in [1.82, 2.24) is 15.3 Å². The number of H-pyrrole nitrogens is 1. The molecule has 0 spiro atoms. The molecule has 1 aliphatic rings. The third kappa shape index (κ3) is 5.77. The SMILES string of the molecule is C/C=C\C(=C/C)c1cc2c(=O)[nH]cc(-c3cc(C)cs3)c2nc1-c1ccc(C2(NC(=O)OC(C)(C)C)CCC2)cc1. The molecule has 0 bridgehead atoms. The summed E-state index contributed by atoms with van der Waals surface area (Å²) in [5.41, 5.74) is 6.27. The van der Waals surface area contributed by atoms with Crippen molar-refractivity contribution in [2.75, 3.05) is 0 Å². The number of alkyl carbamates (subject to hydrolysis) is 1. The largest absolute Gasteiger partial charge is 0.444 e. The fraction of sp³-hybridized carbons (Fsp3) is 0.324. The molecule has 3 heterocycles. The molecule has 6 nitrogen and oxygen atoms in total. The number of hydrogen-bond donors (Lipinski definition) is 2. The van der Waals surface area contributed by atoms with Crippen molar-refractivity contribution in [1.29, 1.82) is 0 Å². The number of aromatic nitrogens is 2. The number of aryl methyl sites for hydroxylation is 1. The lowest BCUT2D eigenvalue weighted by molar-refractivity contribution is 0.0377. The van der Waals surface area contributed by atoms with Gasteiger partial charge < -0.3 is 15.0 Å². The molecule has 2 N–H and O–H groups in total. The van der Waals surface area contributed by atoms with Crippen LogP contribution >= 0.6 is 11.3 Å². The Bertz CT molecular complexity index is 1710. The van der Waals surface area contributed by atoms with Gasteiger partial charge in [-0.1, -0.05) is 42.5 Å². The molecule has 0 atom stereocenters. The first-order chi connectivity index (χ1) is 19.5. The Balaban J connectivity index is 1.63. The van der Waals surface area contributed by atoms with Gasteiger partial charge in [0, 0.05) is 27.8 Å². The van der Waals surface area contributed by atoms with Crippen LogP contribution in [0.3, 0.4) is 0 Å². The van der Waals surface area contributed by atoms with Crippen LogP contribution in [0.1, 0.15) is 70.6 Å². The van der Waals surface area contributed by atoms with E-state index in [-0.39, 0.29) is 5.56 Å². The molecule has 7 heteroatoms. The van der Waals surface area contributed by atoms with Crippen LogP contribution in [0, 0.1) is 6.92 Å². The molecule has 0 saturated heterocycles. The molecule has 5 rings (SSSR count). The van der Waals surface area contributed by atoms with Gasteiger partial charge in [-0.3, -0.25) is 4.79 Å². The Labute approximate surface area is 245 Å². The van der Waals surface area contributed by atoms with E-state index < -0.39 is 17.2 Å². The van der Waals surface area contributed by atoms with Crippen LogP contribution in [0.25, 0.3) is 38.2 Å². The molecule has 0 radical (unpaired) electrons. The first-order valence-electron chi connectivity index (χ1n) is 14.1. The number of hydrogen-bond acceptors (Lipinski definition) is 5. The van der Waals surface area contributed by atoms with Crippen molar-refractivity contribution in [3.8, 4) is 21.7 Å². The summed E-state index contributed by atoms with van der Waals surface area (Å²) in [6, 6.07) is 12.4. The third-order valence-electron chi connectivity index (χ3n) is 7.49. The van der Waals surface area contributed by atoms with E-state index in [1.807, 2.05) is 58.9 Å². The predicted molar refractivity (Wildman–Crippen MR) is 169 cm³/mol. The maximum Gasteiger partial charge on any atom is 0.408 e. The van der Waals surface area contributed by atoms with E-state index >= 15 is 0 Å². The number of carbonyl (C=O) groups is 1. The van der Waals surface area contributed by atoms with E-state index in [9.17, 15) is 9.59 Å². The minimum absolute atomic E-state index is 0.163. The van der Waals surface area contributed by atoms with Crippen molar-refractivity contribution in [3.63, 3.8) is 0 Å². The first-order valence-corrected chi connectivity index (χ1v) is 14.9. The lowest BCUT2D eigenvalue weighted by atomic mass is 9.71. The molecule has 41 heavy (non-hydrogen) atoms. The van der Waals surface area contributed by atoms with Gasteiger partial charge >= 0.3 is 6.09 Å². The number of rotatable bonds is 6. The predicted octanol–water partition coefficient (Wildman–Crippen LogP) is 8.51. The fourth-order valence-corrected chi connectivity index (χ4v) is 6.28. The average molecular weight is 568 g/mol. The smallest absolute Gasteiger partial charge is 0.408 e. The number of pyridine rings is 2. The summed E-state index contributed by atoms with van der Waals surface area (Å²) in [6.07, 6.45) is 10.2. The van der Waals surface area contributed by atoms with Crippen LogP contribution in [0.2, 0.25) is 0 Å². The quantitative estimate of drug-likeness (QED) is 0.229. The van der Waals surface area contributed by atoms with Crippen molar-refractivity contribution in [2.24, 2.45) is 0 Å². The summed E-state index contributed by atoms with van der Waals surface area (Å²) >= 11 is 1.64. The zero-order valence-corrected chi connectivity index (χ0v) is 25.4. The first kappa shape index (κ1) is 28.6. The van der Waals surface area contributed by atoms with Crippen LogP contribution in [-0.4, -0.2) is 21.7 Å². The number of nitrogens with one attached hydrogen (secondary N) is 2. The molecule has 1 fully saturated rings.